The normalized spacial score (nSPS) is 10.3. The van der Waals surface area contributed by atoms with Crippen molar-refractivity contribution in [3.8, 4) is 0 Å². The molecule has 6 nitrogen and oxygen atoms in total. The maximum absolute atomic E-state index is 10.8. The van der Waals surface area contributed by atoms with Crippen LogP contribution in [0.15, 0.2) is 17.6 Å². The van der Waals surface area contributed by atoms with Crippen molar-refractivity contribution in [3.05, 3.63) is 34.0 Å². The van der Waals surface area contributed by atoms with Gasteiger partial charge in [-0.2, -0.15) is 0 Å². The molecule has 7 heteroatoms. The standard InChI is InChI=1S/C11H12N4O2S/c1-7-6-18-9(13-7)5-15(2)11-12-4-3-8(14-11)10(16)17/h3-4,6H,5H2,1-2H3,(H,16,17). The summed E-state index contributed by atoms with van der Waals surface area (Å²) in [5.74, 6) is -0.681. The molecule has 0 unspecified atom stereocenters. The van der Waals surface area contributed by atoms with Gasteiger partial charge in [-0.3, -0.25) is 0 Å². The van der Waals surface area contributed by atoms with Crippen molar-refractivity contribution < 1.29 is 9.90 Å². The highest BCUT2D eigenvalue weighted by Crippen LogP contribution is 2.14. The lowest BCUT2D eigenvalue weighted by Crippen LogP contribution is -2.20. The summed E-state index contributed by atoms with van der Waals surface area (Å²) in [5, 5.41) is 11.8. The van der Waals surface area contributed by atoms with E-state index in [2.05, 4.69) is 15.0 Å². The Kier molecular flexibility index (Phi) is 3.52. The minimum atomic E-state index is -1.06. The third kappa shape index (κ3) is 2.80. The number of aromatic nitrogens is 3. The van der Waals surface area contributed by atoms with E-state index in [0.717, 1.165) is 10.7 Å². The Hall–Kier alpha value is -2.02. The maximum Gasteiger partial charge on any atom is 0.354 e. The van der Waals surface area contributed by atoms with Crippen molar-refractivity contribution >= 4 is 23.3 Å². The molecule has 0 radical (unpaired) electrons. The fourth-order valence-corrected chi connectivity index (χ4v) is 2.22. The Morgan fingerprint density at radius 3 is 2.89 bits per heavy atom. The first-order valence-corrected chi connectivity index (χ1v) is 6.12. The van der Waals surface area contributed by atoms with Crippen LogP contribution in [0.1, 0.15) is 21.2 Å². The highest BCUT2D eigenvalue weighted by atomic mass is 32.1. The van der Waals surface area contributed by atoms with E-state index >= 15 is 0 Å². The predicted molar refractivity (Wildman–Crippen MR) is 67.9 cm³/mol. The molecule has 1 N–H and O–H groups in total. The van der Waals surface area contributed by atoms with Gasteiger partial charge in [-0.05, 0) is 13.0 Å². The lowest BCUT2D eigenvalue weighted by Gasteiger charge is -2.15. The van der Waals surface area contributed by atoms with Crippen LogP contribution in [0.4, 0.5) is 5.95 Å². The molecular weight excluding hydrogens is 252 g/mol. The third-order valence-corrected chi connectivity index (χ3v) is 3.19. The van der Waals surface area contributed by atoms with Crippen molar-refractivity contribution in [1.29, 1.82) is 0 Å². The first-order valence-electron chi connectivity index (χ1n) is 5.25. The largest absolute Gasteiger partial charge is 0.477 e. The van der Waals surface area contributed by atoms with Crippen LogP contribution in [0.5, 0.6) is 0 Å². The Balaban J connectivity index is 2.15. The second kappa shape index (κ2) is 5.09. The average molecular weight is 264 g/mol. The zero-order valence-electron chi connectivity index (χ0n) is 9.99. The summed E-state index contributed by atoms with van der Waals surface area (Å²) in [5.41, 5.74) is 0.964. The molecule has 0 aromatic carbocycles. The molecule has 2 rings (SSSR count). The van der Waals surface area contributed by atoms with E-state index in [-0.39, 0.29) is 5.69 Å². The Labute approximate surface area is 108 Å². The number of aryl methyl sites for hydroxylation is 1. The molecule has 0 aliphatic carbocycles. The van der Waals surface area contributed by atoms with Gasteiger partial charge in [0.2, 0.25) is 5.95 Å². The summed E-state index contributed by atoms with van der Waals surface area (Å²) in [4.78, 5) is 24.9. The second-order valence-corrected chi connectivity index (χ2v) is 4.73. The molecule has 0 fully saturated rings. The summed E-state index contributed by atoms with van der Waals surface area (Å²) in [7, 11) is 1.80. The molecule has 0 atom stereocenters. The summed E-state index contributed by atoms with van der Waals surface area (Å²) in [6, 6.07) is 1.37. The smallest absolute Gasteiger partial charge is 0.354 e. The molecule has 0 bridgehead atoms. The number of hydrogen-bond donors (Lipinski definition) is 1. The highest BCUT2D eigenvalue weighted by molar-refractivity contribution is 7.09. The van der Waals surface area contributed by atoms with Gasteiger partial charge >= 0.3 is 5.97 Å². The quantitative estimate of drug-likeness (QED) is 0.903. The number of rotatable bonds is 4. The lowest BCUT2D eigenvalue weighted by atomic mass is 10.4. The summed E-state index contributed by atoms with van der Waals surface area (Å²) >= 11 is 1.56. The van der Waals surface area contributed by atoms with Gasteiger partial charge in [0, 0.05) is 24.3 Å². The van der Waals surface area contributed by atoms with Gasteiger partial charge in [-0.15, -0.1) is 11.3 Å². The molecule has 2 aromatic rings. The zero-order valence-corrected chi connectivity index (χ0v) is 10.8. The number of nitrogens with zero attached hydrogens (tertiary/aromatic N) is 4. The number of thiazole rings is 1. The van der Waals surface area contributed by atoms with Crippen molar-refractivity contribution in [1.82, 2.24) is 15.0 Å². The Bertz CT molecular complexity index is 570. The summed E-state index contributed by atoms with van der Waals surface area (Å²) in [6.07, 6.45) is 1.44. The zero-order chi connectivity index (χ0) is 13.1. The second-order valence-electron chi connectivity index (χ2n) is 3.79. The van der Waals surface area contributed by atoms with Crippen LogP contribution >= 0.6 is 11.3 Å². The highest BCUT2D eigenvalue weighted by Gasteiger charge is 2.11. The van der Waals surface area contributed by atoms with E-state index in [9.17, 15) is 4.79 Å². The Morgan fingerprint density at radius 1 is 1.50 bits per heavy atom. The van der Waals surface area contributed by atoms with Crippen LogP contribution in [-0.4, -0.2) is 33.1 Å². The molecule has 2 heterocycles. The number of hydrogen-bond acceptors (Lipinski definition) is 6. The molecule has 0 saturated carbocycles. The van der Waals surface area contributed by atoms with Crippen LogP contribution < -0.4 is 4.90 Å². The van der Waals surface area contributed by atoms with Crippen LogP contribution in [0.3, 0.4) is 0 Å². The Morgan fingerprint density at radius 2 is 2.28 bits per heavy atom. The first kappa shape index (κ1) is 12.4. The minimum absolute atomic E-state index is 0.0119. The molecule has 0 amide bonds. The minimum Gasteiger partial charge on any atom is -0.477 e. The monoisotopic (exact) mass is 264 g/mol. The van der Waals surface area contributed by atoms with Crippen molar-refractivity contribution in [3.63, 3.8) is 0 Å². The number of carbonyl (C=O) groups is 1. The van der Waals surface area contributed by atoms with Crippen LogP contribution in [0, 0.1) is 6.92 Å². The van der Waals surface area contributed by atoms with Gasteiger partial charge in [0.15, 0.2) is 5.69 Å². The topological polar surface area (TPSA) is 79.2 Å². The van der Waals surface area contributed by atoms with Gasteiger partial charge in [0.05, 0.1) is 6.54 Å². The SMILES string of the molecule is Cc1csc(CN(C)c2nccc(C(=O)O)n2)n1. The van der Waals surface area contributed by atoms with Gasteiger partial charge in [0.25, 0.3) is 0 Å². The molecule has 94 valence electrons. The molecule has 18 heavy (non-hydrogen) atoms. The van der Waals surface area contributed by atoms with E-state index < -0.39 is 5.97 Å². The molecular formula is C11H12N4O2S. The number of anilines is 1. The lowest BCUT2D eigenvalue weighted by molar-refractivity contribution is 0.0690. The number of aromatic carboxylic acids is 1. The molecule has 0 aliphatic rings. The van der Waals surface area contributed by atoms with Crippen molar-refractivity contribution in [2.75, 3.05) is 11.9 Å². The van der Waals surface area contributed by atoms with Crippen molar-refractivity contribution in [2.24, 2.45) is 0 Å². The van der Waals surface area contributed by atoms with Crippen molar-refractivity contribution in [2.45, 2.75) is 13.5 Å². The van der Waals surface area contributed by atoms with Crippen LogP contribution in [-0.2, 0) is 6.54 Å². The summed E-state index contributed by atoms with van der Waals surface area (Å²) in [6.45, 7) is 2.49. The van der Waals surface area contributed by atoms with E-state index in [4.69, 9.17) is 5.11 Å². The predicted octanol–water partition coefficient (Wildman–Crippen LogP) is 1.58. The average Bonchev–Trinajstić information content (AvgIpc) is 2.75. The summed E-state index contributed by atoms with van der Waals surface area (Å²) < 4.78 is 0. The fourth-order valence-electron chi connectivity index (χ4n) is 1.40. The van der Waals surface area contributed by atoms with Crippen LogP contribution in [0.25, 0.3) is 0 Å². The van der Waals surface area contributed by atoms with Crippen LogP contribution in [0.2, 0.25) is 0 Å². The van der Waals surface area contributed by atoms with E-state index in [0.29, 0.717) is 12.5 Å². The molecule has 2 aromatic heterocycles. The van der Waals surface area contributed by atoms with Gasteiger partial charge in [-0.25, -0.2) is 19.7 Å². The van der Waals surface area contributed by atoms with E-state index in [1.54, 1.807) is 23.3 Å². The maximum atomic E-state index is 10.8. The van der Waals surface area contributed by atoms with Gasteiger partial charge < -0.3 is 10.0 Å². The van der Waals surface area contributed by atoms with E-state index in [1.165, 1.54) is 12.3 Å². The third-order valence-electron chi connectivity index (χ3n) is 2.24. The van der Waals surface area contributed by atoms with E-state index in [1.807, 2.05) is 12.3 Å². The van der Waals surface area contributed by atoms with Gasteiger partial charge in [0.1, 0.15) is 5.01 Å². The molecule has 0 aliphatic heterocycles. The molecule has 0 spiro atoms. The number of carboxylic acids is 1. The fraction of sp³-hybridized carbons (Fsp3) is 0.273. The molecule has 0 saturated heterocycles. The first-order chi connectivity index (χ1) is 8.56. The number of carboxylic acid groups (broad SMARTS) is 1. The van der Waals surface area contributed by atoms with Gasteiger partial charge in [-0.1, -0.05) is 0 Å².